The molecule has 0 aliphatic heterocycles. The summed E-state index contributed by atoms with van der Waals surface area (Å²) in [5, 5.41) is 0. The summed E-state index contributed by atoms with van der Waals surface area (Å²) in [5.41, 5.74) is 6.76. The maximum Gasteiger partial charge on any atom is 0.242 e. The average Bonchev–Trinajstić information content (AvgIpc) is 3.19. The summed E-state index contributed by atoms with van der Waals surface area (Å²) in [4.78, 5) is 2.42. The topological polar surface area (TPSA) is 75.4 Å². The number of nitrogens with two attached hydrogens (primary N) is 1. The number of nitrogens with one attached hydrogen (secondary N) is 1. The Hall–Kier alpha value is -1.11. The van der Waals surface area contributed by atoms with Crippen molar-refractivity contribution < 1.29 is 8.42 Å². The van der Waals surface area contributed by atoms with E-state index in [-0.39, 0.29) is 10.9 Å². The smallest absolute Gasteiger partial charge is 0.242 e. The molecule has 3 N–H and O–H groups in total. The van der Waals surface area contributed by atoms with Crippen molar-refractivity contribution in [3.63, 3.8) is 0 Å². The van der Waals surface area contributed by atoms with Crippen LogP contribution in [0.3, 0.4) is 0 Å². The summed E-state index contributed by atoms with van der Waals surface area (Å²) < 4.78 is 27.4. The van der Waals surface area contributed by atoms with E-state index < -0.39 is 10.0 Å². The predicted octanol–water partition coefficient (Wildman–Crippen LogP) is 1.34. The fraction of sp³-hybridized carbons (Fsp3) is 0.571. The van der Waals surface area contributed by atoms with E-state index in [9.17, 15) is 8.42 Å². The van der Waals surface area contributed by atoms with E-state index in [2.05, 4.69) is 9.62 Å². The van der Waals surface area contributed by atoms with Gasteiger partial charge in [0.05, 0.1) is 5.69 Å². The largest absolute Gasteiger partial charge is 0.398 e. The van der Waals surface area contributed by atoms with Crippen LogP contribution >= 0.6 is 0 Å². The molecule has 112 valence electrons. The van der Waals surface area contributed by atoms with E-state index in [4.69, 9.17) is 5.73 Å². The van der Waals surface area contributed by atoms with E-state index in [1.54, 1.807) is 25.1 Å². The molecule has 1 aromatic carbocycles. The summed E-state index contributed by atoms with van der Waals surface area (Å²) in [6, 6.07) is 5.90. The zero-order chi connectivity index (χ0) is 14.9. The van der Waals surface area contributed by atoms with Crippen LogP contribution in [0, 0.1) is 6.92 Å². The van der Waals surface area contributed by atoms with Gasteiger partial charge in [-0.2, -0.15) is 0 Å². The molecule has 1 aliphatic rings. The first-order chi connectivity index (χ1) is 9.33. The molecule has 5 nitrogen and oxygen atoms in total. The van der Waals surface area contributed by atoms with Gasteiger partial charge < -0.3 is 5.73 Å². The molecule has 0 saturated heterocycles. The Morgan fingerprint density at radius 3 is 2.65 bits per heavy atom. The molecule has 0 amide bonds. The zero-order valence-corrected chi connectivity index (χ0v) is 13.1. The Bertz CT molecular complexity index is 562. The molecular formula is C14H23N3O2S. The molecule has 0 heterocycles. The zero-order valence-electron chi connectivity index (χ0n) is 12.3. The lowest BCUT2D eigenvalue weighted by molar-refractivity contribution is 0.248. The molecule has 1 atom stereocenters. The van der Waals surface area contributed by atoms with Crippen molar-refractivity contribution in [1.82, 2.24) is 9.62 Å². The maximum absolute atomic E-state index is 12.4. The van der Waals surface area contributed by atoms with E-state index in [1.807, 2.05) is 14.0 Å². The standard InChI is InChI=1S/C14H23N3O2S/c1-10-5-4-6-13(15)14(10)20(18,19)16-9-11(2)17(3)12-7-8-12/h4-6,11-12,16H,7-9,15H2,1-3H3. The van der Waals surface area contributed by atoms with Gasteiger partial charge in [-0.3, -0.25) is 4.90 Å². The fourth-order valence-corrected chi connectivity index (χ4v) is 3.81. The highest BCUT2D eigenvalue weighted by Gasteiger charge is 2.30. The molecule has 0 aromatic heterocycles. The Kier molecular flexibility index (Phi) is 4.36. The quantitative estimate of drug-likeness (QED) is 0.777. The molecule has 1 aliphatic carbocycles. The first-order valence-electron chi connectivity index (χ1n) is 6.89. The lowest BCUT2D eigenvalue weighted by atomic mass is 10.2. The van der Waals surface area contributed by atoms with Crippen LogP contribution in [0.5, 0.6) is 0 Å². The van der Waals surface area contributed by atoms with Gasteiger partial charge in [-0.05, 0) is 45.4 Å². The van der Waals surface area contributed by atoms with Gasteiger partial charge in [-0.15, -0.1) is 0 Å². The summed E-state index contributed by atoms with van der Waals surface area (Å²) in [5.74, 6) is 0. The van der Waals surface area contributed by atoms with Crippen molar-refractivity contribution in [1.29, 1.82) is 0 Å². The van der Waals surface area contributed by atoms with Crippen LogP contribution in [-0.4, -0.2) is 39.0 Å². The number of hydrogen-bond acceptors (Lipinski definition) is 4. The van der Waals surface area contributed by atoms with Crippen LogP contribution in [0.4, 0.5) is 5.69 Å². The molecule has 0 spiro atoms. The van der Waals surface area contributed by atoms with E-state index >= 15 is 0 Å². The summed E-state index contributed by atoms with van der Waals surface area (Å²) in [7, 11) is -1.52. The number of nitrogen functional groups attached to an aromatic ring is 1. The van der Waals surface area contributed by atoms with Crippen LogP contribution in [0.2, 0.25) is 0 Å². The third-order valence-corrected chi connectivity index (χ3v) is 5.54. The van der Waals surface area contributed by atoms with Crippen LogP contribution < -0.4 is 10.5 Å². The van der Waals surface area contributed by atoms with E-state index in [0.29, 0.717) is 23.8 Å². The lowest BCUT2D eigenvalue weighted by Crippen LogP contribution is -2.41. The van der Waals surface area contributed by atoms with Gasteiger partial charge >= 0.3 is 0 Å². The number of benzene rings is 1. The number of anilines is 1. The molecule has 1 fully saturated rings. The van der Waals surface area contributed by atoms with Crippen LogP contribution in [0.25, 0.3) is 0 Å². The normalized spacial score (nSPS) is 17.4. The molecule has 0 radical (unpaired) electrons. The van der Waals surface area contributed by atoms with Crippen LogP contribution in [0.1, 0.15) is 25.3 Å². The predicted molar refractivity (Wildman–Crippen MR) is 81.0 cm³/mol. The second kappa shape index (κ2) is 5.71. The number of nitrogens with zero attached hydrogens (tertiary/aromatic N) is 1. The van der Waals surface area contributed by atoms with Crippen molar-refractivity contribution in [2.45, 2.75) is 43.7 Å². The van der Waals surface area contributed by atoms with E-state index in [0.717, 1.165) is 0 Å². The molecule has 2 rings (SSSR count). The van der Waals surface area contributed by atoms with Gasteiger partial charge in [0.25, 0.3) is 0 Å². The highest BCUT2D eigenvalue weighted by atomic mass is 32.2. The first-order valence-corrected chi connectivity index (χ1v) is 8.38. The van der Waals surface area contributed by atoms with Crippen molar-refractivity contribution in [2.75, 3.05) is 19.3 Å². The molecule has 6 heteroatoms. The number of rotatable bonds is 6. The third kappa shape index (κ3) is 3.31. The summed E-state index contributed by atoms with van der Waals surface area (Å²) in [6.07, 6.45) is 2.41. The van der Waals surface area contributed by atoms with Gasteiger partial charge in [-0.1, -0.05) is 12.1 Å². The summed E-state index contributed by atoms with van der Waals surface area (Å²) in [6.45, 7) is 4.18. The second-order valence-electron chi connectivity index (χ2n) is 5.59. The van der Waals surface area contributed by atoms with Crippen molar-refractivity contribution in [3.05, 3.63) is 23.8 Å². The Morgan fingerprint density at radius 2 is 2.10 bits per heavy atom. The highest BCUT2D eigenvalue weighted by molar-refractivity contribution is 7.89. The lowest BCUT2D eigenvalue weighted by Gasteiger charge is -2.24. The fourth-order valence-electron chi connectivity index (χ4n) is 2.33. The van der Waals surface area contributed by atoms with Crippen LogP contribution in [0.15, 0.2) is 23.1 Å². The minimum absolute atomic E-state index is 0.169. The molecule has 1 unspecified atom stereocenters. The van der Waals surface area contributed by atoms with Crippen molar-refractivity contribution in [3.8, 4) is 0 Å². The average molecular weight is 297 g/mol. The minimum atomic E-state index is -3.56. The molecule has 1 saturated carbocycles. The number of aryl methyl sites for hydroxylation is 1. The van der Waals surface area contributed by atoms with Gasteiger partial charge in [0, 0.05) is 18.6 Å². The third-order valence-electron chi connectivity index (χ3n) is 3.90. The number of hydrogen-bond donors (Lipinski definition) is 2. The second-order valence-corrected chi connectivity index (χ2v) is 7.29. The molecular weight excluding hydrogens is 274 g/mol. The van der Waals surface area contributed by atoms with Gasteiger partial charge in [0.2, 0.25) is 10.0 Å². The summed E-state index contributed by atoms with van der Waals surface area (Å²) >= 11 is 0. The first kappa shape index (κ1) is 15.3. The Labute approximate surface area is 121 Å². The van der Waals surface area contributed by atoms with Gasteiger partial charge in [-0.25, -0.2) is 13.1 Å². The van der Waals surface area contributed by atoms with Gasteiger partial charge in [0.15, 0.2) is 0 Å². The SMILES string of the molecule is Cc1cccc(N)c1S(=O)(=O)NCC(C)N(C)C1CC1. The minimum Gasteiger partial charge on any atom is -0.398 e. The molecule has 1 aromatic rings. The number of sulfonamides is 1. The van der Waals surface area contributed by atoms with E-state index in [1.165, 1.54) is 12.8 Å². The monoisotopic (exact) mass is 297 g/mol. The Morgan fingerprint density at radius 1 is 1.45 bits per heavy atom. The van der Waals surface area contributed by atoms with Crippen molar-refractivity contribution >= 4 is 15.7 Å². The maximum atomic E-state index is 12.4. The van der Waals surface area contributed by atoms with Crippen molar-refractivity contribution in [2.24, 2.45) is 0 Å². The highest BCUT2D eigenvalue weighted by Crippen LogP contribution is 2.27. The van der Waals surface area contributed by atoms with Gasteiger partial charge in [0.1, 0.15) is 4.90 Å². The van der Waals surface area contributed by atoms with Crippen LogP contribution in [-0.2, 0) is 10.0 Å². The molecule has 20 heavy (non-hydrogen) atoms. The number of likely N-dealkylation sites (N-methyl/N-ethyl adjacent to an activating group) is 1. The molecule has 0 bridgehead atoms. The Balaban J connectivity index is 2.07.